The summed E-state index contributed by atoms with van der Waals surface area (Å²) in [6, 6.07) is 8.54. The molecule has 2 rings (SSSR count). The Labute approximate surface area is 145 Å². The highest BCUT2D eigenvalue weighted by molar-refractivity contribution is 5.96. The minimum Gasteiger partial charge on any atom is -0.493 e. The molecule has 0 bridgehead atoms. The van der Waals surface area contributed by atoms with Gasteiger partial charge in [-0.05, 0) is 25.1 Å². The van der Waals surface area contributed by atoms with Gasteiger partial charge in [0.1, 0.15) is 11.9 Å². The van der Waals surface area contributed by atoms with E-state index >= 15 is 0 Å². The summed E-state index contributed by atoms with van der Waals surface area (Å²) in [6.07, 6.45) is 0. The molecule has 1 amide bonds. The average molecular weight is 348 g/mol. The normalized spacial score (nSPS) is 11.4. The van der Waals surface area contributed by atoms with Gasteiger partial charge in [0.25, 0.3) is 0 Å². The van der Waals surface area contributed by atoms with Gasteiger partial charge in [0.15, 0.2) is 11.5 Å². The molecule has 0 aliphatic rings. The van der Waals surface area contributed by atoms with E-state index < -0.39 is 11.9 Å². The van der Waals surface area contributed by atoms with E-state index in [0.29, 0.717) is 28.6 Å². The van der Waals surface area contributed by atoms with Crippen LogP contribution in [0.5, 0.6) is 17.2 Å². The lowest BCUT2D eigenvalue weighted by molar-refractivity contribution is -0.116. The fourth-order valence-electron chi connectivity index (χ4n) is 2.30. The molecule has 0 aromatic heterocycles. The van der Waals surface area contributed by atoms with E-state index in [1.807, 2.05) is 0 Å². The Balaban J connectivity index is 2.13. The van der Waals surface area contributed by atoms with Gasteiger partial charge >= 0.3 is 0 Å². The van der Waals surface area contributed by atoms with E-state index in [1.165, 1.54) is 39.5 Å². The minimum atomic E-state index is -0.578. The molecule has 1 atom stereocenters. The van der Waals surface area contributed by atoms with E-state index in [1.54, 1.807) is 25.1 Å². The lowest BCUT2D eigenvalue weighted by atomic mass is 10.2. The Kier molecular flexibility index (Phi) is 6.05. The van der Waals surface area contributed by atoms with Crippen LogP contribution in [0.15, 0.2) is 36.4 Å². The molecule has 134 valence electrons. The van der Waals surface area contributed by atoms with Crippen molar-refractivity contribution >= 4 is 17.3 Å². The molecule has 6 nitrogen and oxygen atoms in total. The molecule has 2 N–H and O–H groups in total. The predicted octanol–water partition coefficient (Wildman–Crippen LogP) is 3.29. The number of carbonyl (C=O) groups excluding carboxylic acids is 1. The van der Waals surface area contributed by atoms with Crippen LogP contribution < -0.4 is 24.8 Å². The van der Waals surface area contributed by atoms with Gasteiger partial charge in [-0.2, -0.15) is 0 Å². The molecular weight excluding hydrogens is 327 g/mol. The predicted molar refractivity (Wildman–Crippen MR) is 94.2 cm³/mol. The fraction of sp³-hybridized carbons (Fsp3) is 0.278. The molecule has 0 aliphatic heterocycles. The molecule has 0 heterocycles. The zero-order valence-electron chi connectivity index (χ0n) is 14.6. The summed E-state index contributed by atoms with van der Waals surface area (Å²) in [7, 11) is 4.55. The molecule has 1 unspecified atom stereocenters. The lowest BCUT2D eigenvalue weighted by Crippen LogP contribution is -2.31. The SMILES string of the molecule is COc1cc(NC(C)C(=O)Nc2cccc(F)c2)cc(OC)c1OC. The van der Waals surface area contributed by atoms with Crippen LogP contribution in [0.4, 0.5) is 15.8 Å². The number of nitrogens with one attached hydrogen (secondary N) is 2. The van der Waals surface area contributed by atoms with Gasteiger partial charge in [-0.15, -0.1) is 0 Å². The van der Waals surface area contributed by atoms with Crippen molar-refractivity contribution in [1.82, 2.24) is 0 Å². The number of methoxy groups -OCH3 is 3. The number of benzene rings is 2. The Morgan fingerprint density at radius 2 is 1.64 bits per heavy atom. The maximum Gasteiger partial charge on any atom is 0.246 e. The second-order valence-corrected chi connectivity index (χ2v) is 5.28. The maximum atomic E-state index is 13.2. The van der Waals surface area contributed by atoms with E-state index in [0.717, 1.165) is 0 Å². The van der Waals surface area contributed by atoms with Crippen LogP contribution in [-0.2, 0) is 4.79 Å². The smallest absolute Gasteiger partial charge is 0.246 e. The topological polar surface area (TPSA) is 68.8 Å². The molecule has 0 fully saturated rings. The van der Waals surface area contributed by atoms with E-state index in [2.05, 4.69) is 10.6 Å². The van der Waals surface area contributed by atoms with Gasteiger partial charge in [0, 0.05) is 23.5 Å². The lowest BCUT2D eigenvalue weighted by Gasteiger charge is -2.18. The Morgan fingerprint density at radius 1 is 1.00 bits per heavy atom. The van der Waals surface area contributed by atoms with Crippen LogP contribution in [0.3, 0.4) is 0 Å². The largest absolute Gasteiger partial charge is 0.493 e. The highest BCUT2D eigenvalue weighted by Gasteiger charge is 2.17. The van der Waals surface area contributed by atoms with Gasteiger partial charge in [-0.3, -0.25) is 4.79 Å². The molecular formula is C18H21FN2O4. The summed E-state index contributed by atoms with van der Waals surface area (Å²) in [5.74, 6) is 0.694. The molecule has 0 radical (unpaired) electrons. The third-order valence-corrected chi connectivity index (χ3v) is 3.53. The molecule has 0 saturated heterocycles. The van der Waals surface area contributed by atoms with Crippen molar-refractivity contribution in [2.75, 3.05) is 32.0 Å². The zero-order chi connectivity index (χ0) is 18.4. The summed E-state index contributed by atoms with van der Waals surface area (Å²) < 4.78 is 29.0. The van der Waals surface area contributed by atoms with E-state index in [-0.39, 0.29) is 5.91 Å². The number of rotatable bonds is 7. The Bertz CT molecular complexity index is 727. The van der Waals surface area contributed by atoms with E-state index in [4.69, 9.17) is 14.2 Å². The minimum absolute atomic E-state index is 0.306. The molecule has 25 heavy (non-hydrogen) atoms. The summed E-state index contributed by atoms with van der Waals surface area (Å²) in [6.45, 7) is 1.69. The molecule has 2 aromatic rings. The highest BCUT2D eigenvalue weighted by Crippen LogP contribution is 2.40. The summed E-state index contributed by atoms with van der Waals surface area (Å²) >= 11 is 0. The summed E-state index contributed by atoms with van der Waals surface area (Å²) in [5.41, 5.74) is 1.01. The molecule has 0 spiro atoms. The van der Waals surface area contributed by atoms with Crippen LogP contribution in [0.25, 0.3) is 0 Å². The van der Waals surface area contributed by atoms with Crippen molar-refractivity contribution in [3.8, 4) is 17.2 Å². The maximum absolute atomic E-state index is 13.2. The zero-order valence-corrected chi connectivity index (χ0v) is 14.6. The van der Waals surface area contributed by atoms with Crippen molar-refractivity contribution < 1.29 is 23.4 Å². The van der Waals surface area contributed by atoms with Gasteiger partial charge in [-0.25, -0.2) is 4.39 Å². The number of halogens is 1. The number of ether oxygens (including phenoxy) is 3. The molecule has 0 aliphatic carbocycles. The average Bonchev–Trinajstić information content (AvgIpc) is 2.60. The van der Waals surface area contributed by atoms with Gasteiger partial charge in [-0.1, -0.05) is 6.07 Å². The van der Waals surface area contributed by atoms with Crippen LogP contribution in [0, 0.1) is 5.82 Å². The fourth-order valence-corrected chi connectivity index (χ4v) is 2.30. The molecule has 7 heteroatoms. The number of hydrogen-bond donors (Lipinski definition) is 2. The first-order valence-electron chi connectivity index (χ1n) is 7.61. The van der Waals surface area contributed by atoms with Crippen molar-refractivity contribution in [2.24, 2.45) is 0 Å². The van der Waals surface area contributed by atoms with E-state index in [9.17, 15) is 9.18 Å². The van der Waals surface area contributed by atoms with Crippen molar-refractivity contribution in [3.63, 3.8) is 0 Å². The van der Waals surface area contributed by atoms with Crippen LogP contribution in [0.2, 0.25) is 0 Å². The first-order chi connectivity index (χ1) is 12.0. The van der Waals surface area contributed by atoms with Gasteiger partial charge in [0.05, 0.1) is 21.3 Å². The quantitative estimate of drug-likeness (QED) is 0.804. The molecule has 0 saturated carbocycles. The number of carbonyl (C=O) groups is 1. The standard InChI is InChI=1S/C18H21FN2O4/c1-11(18(22)21-13-7-5-6-12(19)8-13)20-14-9-15(23-2)17(25-4)16(10-14)24-3/h5-11,20H,1-4H3,(H,21,22). The highest BCUT2D eigenvalue weighted by atomic mass is 19.1. The summed E-state index contributed by atoms with van der Waals surface area (Å²) in [4.78, 5) is 12.3. The number of anilines is 2. The third-order valence-electron chi connectivity index (χ3n) is 3.53. The number of hydrogen-bond acceptors (Lipinski definition) is 5. The first kappa shape index (κ1) is 18.4. The van der Waals surface area contributed by atoms with Crippen molar-refractivity contribution in [1.29, 1.82) is 0 Å². The van der Waals surface area contributed by atoms with Crippen LogP contribution >= 0.6 is 0 Å². The van der Waals surface area contributed by atoms with Gasteiger partial charge in [0.2, 0.25) is 11.7 Å². The second-order valence-electron chi connectivity index (χ2n) is 5.28. The second kappa shape index (κ2) is 8.23. The Hall–Kier alpha value is -2.96. The third kappa shape index (κ3) is 4.53. The van der Waals surface area contributed by atoms with Crippen molar-refractivity contribution in [2.45, 2.75) is 13.0 Å². The first-order valence-corrected chi connectivity index (χ1v) is 7.61. The van der Waals surface area contributed by atoms with Crippen LogP contribution in [-0.4, -0.2) is 33.3 Å². The van der Waals surface area contributed by atoms with Crippen molar-refractivity contribution in [3.05, 3.63) is 42.2 Å². The Morgan fingerprint density at radius 3 is 2.16 bits per heavy atom. The monoisotopic (exact) mass is 348 g/mol. The number of amides is 1. The van der Waals surface area contributed by atoms with Gasteiger partial charge < -0.3 is 24.8 Å². The molecule has 2 aromatic carbocycles. The van der Waals surface area contributed by atoms with Crippen LogP contribution in [0.1, 0.15) is 6.92 Å². The summed E-state index contributed by atoms with van der Waals surface area (Å²) in [5, 5.41) is 5.71.